The van der Waals surface area contributed by atoms with Crippen LogP contribution in [0.25, 0.3) is 0 Å². The fourth-order valence-corrected chi connectivity index (χ4v) is 2.83. The summed E-state index contributed by atoms with van der Waals surface area (Å²) in [6.07, 6.45) is 0.243. The maximum Gasteiger partial charge on any atom is 0.240 e. The van der Waals surface area contributed by atoms with Crippen molar-refractivity contribution in [2.45, 2.75) is 38.1 Å². The zero-order valence-electron chi connectivity index (χ0n) is 12.4. The average molecular weight is 313 g/mol. The molecule has 4 nitrogen and oxygen atoms in total. The molecule has 1 rings (SSSR count). The Morgan fingerprint density at radius 2 is 2.00 bits per heavy atom. The lowest BCUT2D eigenvalue weighted by molar-refractivity contribution is 0.305. The van der Waals surface area contributed by atoms with E-state index < -0.39 is 15.8 Å². The topological polar surface area (TPSA) is 66.4 Å². The van der Waals surface area contributed by atoms with E-state index in [1.807, 2.05) is 13.8 Å². The number of sulfonamides is 1. The molecule has 0 bridgehead atoms. The first kappa shape index (κ1) is 17.6. The third-order valence-electron chi connectivity index (χ3n) is 3.05. The van der Waals surface area contributed by atoms with Gasteiger partial charge in [0.2, 0.25) is 10.0 Å². The van der Waals surface area contributed by atoms with Crippen LogP contribution in [0.5, 0.6) is 0 Å². The van der Waals surface area contributed by atoms with E-state index in [0.29, 0.717) is 0 Å². The Morgan fingerprint density at radius 3 is 2.52 bits per heavy atom. The molecule has 1 aromatic carbocycles. The van der Waals surface area contributed by atoms with E-state index >= 15 is 0 Å². The summed E-state index contributed by atoms with van der Waals surface area (Å²) in [4.78, 5) is -0.125. The van der Waals surface area contributed by atoms with Crippen LogP contribution in [0.4, 0.5) is 4.39 Å². The van der Waals surface area contributed by atoms with Crippen molar-refractivity contribution in [1.29, 1.82) is 0 Å². The quantitative estimate of drug-likeness (QED) is 0.816. The second-order valence-electron chi connectivity index (χ2n) is 5.07. The largest absolute Gasteiger partial charge is 0.395 e. The fraction of sp³-hybridized carbons (Fsp3) is 0.467. The van der Waals surface area contributed by atoms with Crippen molar-refractivity contribution >= 4 is 10.0 Å². The maximum absolute atomic E-state index is 13.8. The first-order valence-corrected chi connectivity index (χ1v) is 8.18. The second kappa shape index (κ2) is 7.55. The summed E-state index contributed by atoms with van der Waals surface area (Å²) in [7, 11) is -3.75. The van der Waals surface area contributed by atoms with Crippen LogP contribution in [-0.4, -0.2) is 26.2 Å². The summed E-state index contributed by atoms with van der Waals surface area (Å²) in [5.74, 6) is 4.58. The van der Waals surface area contributed by atoms with Gasteiger partial charge in [-0.05, 0) is 31.0 Å². The lowest BCUT2D eigenvalue weighted by atomic mass is 10.1. The molecular formula is C15H20FNO3S. The second-order valence-corrected chi connectivity index (χ2v) is 6.78. The summed E-state index contributed by atoms with van der Waals surface area (Å²) in [6.45, 7) is 5.45. The average Bonchev–Trinajstić information content (AvgIpc) is 2.40. The van der Waals surface area contributed by atoms with E-state index in [9.17, 15) is 12.8 Å². The Balaban J connectivity index is 3.01. The predicted octanol–water partition coefficient (Wildman–Crippen LogP) is 1.88. The number of rotatable bonds is 5. The van der Waals surface area contributed by atoms with Gasteiger partial charge in [-0.3, -0.25) is 0 Å². The lowest BCUT2D eigenvalue weighted by Crippen LogP contribution is -2.36. The number of aliphatic hydroxyl groups excluding tert-OH is 1. The summed E-state index contributed by atoms with van der Waals surface area (Å²) in [5, 5.41) is 8.61. The number of benzene rings is 1. The van der Waals surface area contributed by atoms with Crippen molar-refractivity contribution < 1.29 is 17.9 Å². The van der Waals surface area contributed by atoms with Gasteiger partial charge in [-0.2, -0.15) is 0 Å². The molecule has 0 aromatic heterocycles. The monoisotopic (exact) mass is 313 g/mol. The molecule has 0 aliphatic heterocycles. The van der Waals surface area contributed by atoms with E-state index in [-0.39, 0.29) is 35.4 Å². The van der Waals surface area contributed by atoms with Crippen LogP contribution in [0.2, 0.25) is 0 Å². The normalized spacial score (nSPS) is 12.9. The molecule has 21 heavy (non-hydrogen) atoms. The Hall–Kier alpha value is -1.42. The van der Waals surface area contributed by atoms with Gasteiger partial charge in [0.25, 0.3) is 0 Å². The molecule has 0 aliphatic carbocycles. The summed E-state index contributed by atoms with van der Waals surface area (Å²) in [6, 6.07) is 3.36. The number of hydrogen-bond acceptors (Lipinski definition) is 3. The standard InChI is InChI=1S/C15H20FNO3S/c1-11(2)12(3)17-21(19,20)14-8-7-13(15(16)10-14)6-4-5-9-18/h7-8,10-12,17-18H,5,9H2,1-3H3. The minimum Gasteiger partial charge on any atom is -0.395 e. The van der Waals surface area contributed by atoms with Gasteiger partial charge in [0.15, 0.2) is 0 Å². The molecule has 1 unspecified atom stereocenters. The molecule has 0 radical (unpaired) electrons. The Morgan fingerprint density at radius 1 is 1.33 bits per heavy atom. The van der Waals surface area contributed by atoms with E-state index in [4.69, 9.17) is 5.11 Å². The summed E-state index contributed by atoms with van der Waals surface area (Å²) in [5.41, 5.74) is 0.110. The lowest BCUT2D eigenvalue weighted by Gasteiger charge is -2.17. The fourth-order valence-electron chi connectivity index (χ4n) is 1.43. The zero-order valence-corrected chi connectivity index (χ0v) is 13.2. The SMILES string of the molecule is CC(C)C(C)NS(=O)(=O)c1ccc(C#CCCO)c(F)c1. The highest BCUT2D eigenvalue weighted by atomic mass is 32.2. The van der Waals surface area contributed by atoms with Crippen molar-refractivity contribution in [3.63, 3.8) is 0 Å². The zero-order chi connectivity index (χ0) is 16.0. The van der Waals surface area contributed by atoms with Crippen molar-refractivity contribution in [3.05, 3.63) is 29.6 Å². The molecule has 0 saturated carbocycles. The van der Waals surface area contributed by atoms with Gasteiger partial charge in [-0.1, -0.05) is 25.7 Å². The highest BCUT2D eigenvalue weighted by Crippen LogP contribution is 2.15. The molecular weight excluding hydrogens is 293 g/mol. The van der Waals surface area contributed by atoms with Gasteiger partial charge in [0.1, 0.15) is 5.82 Å². The van der Waals surface area contributed by atoms with Crippen molar-refractivity contribution in [1.82, 2.24) is 4.72 Å². The van der Waals surface area contributed by atoms with Crippen molar-refractivity contribution in [2.75, 3.05) is 6.61 Å². The van der Waals surface area contributed by atoms with Crippen LogP contribution in [0, 0.1) is 23.6 Å². The maximum atomic E-state index is 13.8. The van der Waals surface area contributed by atoms with Gasteiger partial charge in [-0.25, -0.2) is 17.5 Å². The first-order chi connectivity index (χ1) is 9.77. The number of halogens is 1. The molecule has 0 heterocycles. The van der Waals surface area contributed by atoms with Crippen molar-refractivity contribution in [3.8, 4) is 11.8 Å². The van der Waals surface area contributed by atoms with Crippen LogP contribution in [0.15, 0.2) is 23.1 Å². The van der Waals surface area contributed by atoms with E-state index in [1.165, 1.54) is 12.1 Å². The summed E-state index contributed by atoms with van der Waals surface area (Å²) >= 11 is 0. The van der Waals surface area contributed by atoms with Crippen LogP contribution < -0.4 is 4.72 Å². The molecule has 0 saturated heterocycles. The Kier molecular flexibility index (Phi) is 6.34. The smallest absolute Gasteiger partial charge is 0.240 e. The number of nitrogens with one attached hydrogen (secondary N) is 1. The van der Waals surface area contributed by atoms with Gasteiger partial charge >= 0.3 is 0 Å². The molecule has 0 fully saturated rings. The van der Waals surface area contributed by atoms with Crippen LogP contribution in [0.1, 0.15) is 32.8 Å². The van der Waals surface area contributed by atoms with E-state index in [2.05, 4.69) is 16.6 Å². The van der Waals surface area contributed by atoms with E-state index in [1.54, 1.807) is 6.92 Å². The molecule has 2 N–H and O–H groups in total. The van der Waals surface area contributed by atoms with Gasteiger partial charge < -0.3 is 5.11 Å². The molecule has 0 aliphatic rings. The molecule has 116 valence electrons. The van der Waals surface area contributed by atoms with Crippen LogP contribution in [-0.2, 0) is 10.0 Å². The Bertz CT molecular complexity index is 645. The van der Waals surface area contributed by atoms with E-state index in [0.717, 1.165) is 6.07 Å². The molecule has 1 aromatic rings. The summed E-state index contributed by atoms with van der Waals surface area (Å²) < 4.78 is 40.6. The predicted molar refractivity (Wildman–Crippen MR) is 79.6 cm³/mol. The van der Waals surface area contributed by atoms with Gasteiger partial charge in [0, 0.05) is 12.5 Å². The highest BCUT2D eigenvalue weighted by molar-refractivity contribution is 7.89. The first-order valence-electron chi connectivity index (χ1n) is 6.69. The van der Waals surface area contributed by atoms with Gasteiger partial charge in [-0.15, -0.1) is 0 Å². The third-order valence-corrected chi connectivity index (χ3v) is 4.61. The molecule has 0 spiro atoms. The third kappa shape index (κ3) is 5.12. The van der Waals surface area contributed by atoms with Gasteiger partial charge in [0.05, 0.1) is 17.1 Å². The molecule has 1 atom stereocenters. The number of hydrogen-bond donors (Lipinski definition) is 2. The highest BCUT2D eigenvalue weighted by Gasteiger charge is 2.20. The van der Waals surface area contributed by atoms with Crippen LogP contribution >= 0.6 is 0 Å². The Labute approximate surface area is 125 Å². The molecule has 6 heteroatoms. The number of aliphatic hydroxyl groups is 1. The minimum atomic E-state index is -3.75. The van der Waals surface area contributed by atoms with Crippen LogP contribution in [0.3, 0.4) is 0 Å². The minimum absolute atomic E-state index is 0.0991. The van der Waals surface area contributed by atoms with Crippen molar-refractivity contribution in [2.24, 2.45) is 5.92 Å². The molecule has 0 amide bonds.